The molecule has 6 heteroatoms. The van der Waals surface area contributed by atoms with E-state index in [1.54, 1.807) is 0 Å². The van der Waals surface area contributed by atoms with Gasteiger partial charge in [0.1, 0.15) is 0 Å². The standard InChI is InChI=1S/C21H21N3O2S/c1-13-6-7-18(27-13)21(26)24-10-8-14(9-11-24)19-16(20(22)25)12-15-4-2-3-5-17(15)23-19/h2-7,12,14H,8-11H2,1H3,(H2,22,25). The molecule has 0 unspecified atom stereocenters. The van der Waals surface area contributed by atoms with Crippen LogP contribution in [0.5, 0.6) is 0 Å². The van der Waals surface area contributed by atoms with E-state index in [-0.39, 0.29) is 11.8 Å². The smallest absolute Gasteiger partial charge is 0.263 e. The summed E-state index contributed by atoms with van der Waals surface area (Å²) in [4.78, 5) is 33.2. The van der Waals surface area contributed by atoms with Gasteiger partial charge in [-0.25, -0.2) is 0 Å². The molecule has 0 bridgehead atoms. The fourth-order valence-corrected chi connectivity index (χ4v) is 4.54. The lowest BCUT2D eigenvalue weighted by molar-refractivity contribution is 0.0716. The minimum atomic E-state index is -0.448. The Balaban J connectivity index is 1.56. The molecule has 3 aromatic rings. The number of hydrogen-bond donors (Lipinski definition) is 1. The molecule has 1 saturated heterocycles. The lowest BCUT2D eigenvalue weighted by Gasteiger charge is -2.32. The molecule has 0 atom stereocenters. The second-order valence-corrected chi connectivity index (χ2v) is 8.24. The average molecular weight is 379 g/mol. The molecule has 27 heavy (non-hydrogen) atoms. The molecule has 1 aliphatic rings. The number of primary amides is 1. The summed E-state index contributed by atoms with van der Waals surface area (Å²) in [5.41, 5.74) is 7.75. The summed E-state index contributed by atoms with van der Waals surface area (Å²) in [7, 11) is 0. The van der Waals surface area contributed by atoms with Gasteiger partial charge in [0.05, 0.1) is 21.7 Å². The van der Waals surface area contributed by atoms with Gasteiger partial charge < -0.3 is 10.6 Å². The van der Waals surface area contributed by atoms with Gasteiger partial charge in [0.15, 0.2) is 0 Å². The number of aryl methyl sites for hydroxylation is 1. The maximum Gasteiger partial charge on any atom is 0.263 e. The number of benzene rings is 1. The number of pyridine rings is 1. The largest absolute Gasteiger partial charge is 0.366 e. The number of nitrogens with zero attached hydrogens (tertiary/aromatic N) is 2. The monoisotopic (exact) mass is 379 g/mol. The topological polar surface area (TPSA) is 76.3 Å². The first-order chi connectivity index (χ1) is 13.0. The van der Waals surface area contributed by atoms with Crippen molar-refractivity contribution in [1.82, 2.24) is 9.88 Å². The van der Waals surface area contributed by atoms with Gasteiger partial charge in [0, 0.05) is 29.3 Å². The van der Waals surface area contributed by atoms with Gasteiger partial charge in [-0.1, -0.05) is 18.2 Å². The van der Waals surface area contributed by atoms with E-state index in [1.165, 1.54) is 11.3 Å². The summed E-state index contributed by atoms with van der Waals surface area (Å²) in [5, 5.41) is 0.913. The SMILES string of the molecule is Cc1ccc(C(=O)N2CCC(c3nc4ccccc4cc3C(N)=O)CC2)s1. The van der Waals surface area contributed by atoms with Crippen molar-refractivity contribution in [2.24, 2.45) is 5.73 Å². The maximum atomic E-state index is 12.7. The summed E-state index contributed by atoms with van der Waals surface area (Å²) in [6.07, 6.45) is 1.56. The molecule has 1 aliphatic heterocycles. The number of hydrogen-bond acceptors (Lipinski definition) is 4. The van der Waals surface area contributed by atoms with E-state index in [9.17, 15) is 9.59 Å². The van der Waals surface area contributed by atoms with Gasteiger partial charge in [-0.3, -0.25) is 14.6 Å². The predicted molar refractivity (Wildman–Crippen MR) is 107 cm³/mol. The van der Waals surface area contributed by atoms with Crippen LogP contribution in [0.1, 0.15) is 49.4 Å². The summed E-state index contributed by atoms with van der Waals surface area (Å²) < 4.78 is 0. The number of carbonyl (C=O) groups is 2. The molecule has 4 rings (SSSR count). The summed E-state index contributed by atoms with van der Waals surface area (Å²) in [5.74, 6) is -0.227. The summed E-state index contributed by atoms with van der Waals surface area (Å²) >= 11 is 1.53. The molecule has 0 saturated carbocycles. The zero-order chi connectivity index (χ0) is 19.0. The van der Waals surface area contributed by atoms with Crippen molar-refractivity contribution in [3.8, 4) is 0 Å². The van der Waals surface area contributed by atoms with E-state index in [2.05, 4.69) is 0 Å². The molecule has 0 aliphatic carbocycles. The highest BCUT2D eigenvalue weighted by atomic mass is 32.1. The van der Waals surface area contributed by atoms with Crippen LogP contribution in [0.15, 0.2) is 42.5 Å². The Kier molecular flexibility index (Phi) is 4.66. The van der Waals surface area contributed by atoms with Crippen LogP contribution in [0, 0.1) is 6.92 Å². The highest BCUT2D eigenvalue weighted by molar-refractivity contribution is 7.13. The molecule has 2 amide bonds. The third-order valence-electron chi connectivity index (χ3n) is 5.14. The van der Waals surface area contributed by atoms with E-state index >= 15 is 0 Å². The quantitative estimate of drug-likeness (QED) is 0.753. The molecule has 0 radical (unpaired) electrons. The maximum absolute atomic E-state index is 12.7. The van der Waals surface area contributed by atoms with Gasteiger partial charge in [-0.2, -0.15) is 0 Å². The molecule has 1 aromatic carbocycles. The number of fused-ring (bicyclic) bond motifs is 1. The number of rotatable bonds is 3. The van der Waals surface area contributed by atoms with E-state index in [1.807, 2.05) is 54.3 Å². The van der Waals surface area contributed by atoms with E-state index < -0.39 is 5.91 Å². The molecular weight excluding hydrogens is 358 g/mol. The third kappa shape index (κ3) is 3.45. The van der Waals surface area contributed by atoms with Gasteiger partial charge in [-0.15, -0.1) is 11.3 Å². The molecule has 138 valence electrons. The van der Waals surface area contributed by atoms with Gasteiger partial charge in [0.25, 0.3) is 11.8 Å². The Hall–Kier alpha value is -2.73. The zero-order valence-electron chi connectivity index (χ0n) is 15.1. The molecule has 1 fully saturated rings. The number of aromatic nitrogens is 1. The Morgan fingerprint density at radius 1 is 1.15 bits per heavy atom. The molecule has 5 nitrogen and oxygen atoms in total. The predicted octanol–water partition coefficient (Wildman–Crippen LogP) is 3.72. The van der Waals surface area contributed by atoms with E-state index in [0.717, 1.165) is 39.2 Å². The fourth-order valence-electron chi connectivity index (χ4n) is 3.70. The molecule has 2 N–H and O–H groups in total. The van der Waals surface area contributed by atoms with Crippen molar-refractivity contribution in [2.45, 2.75) is 25.7 Å². The van der Waals surface area contributed by atoms with Crippen LogP contribution in [0.2, 0.25) is 0 Å². The van der Waals surface area contributed by atoms with Crippen LogP contribution in [0.3, 0.4) is 0 Å². The minimum Gasteiger partial charge on any atom is -0.366 e. The molecule has 2 aromatic heterocycles. The Labute approximate surface area is 161 Å². The Morgan fingerprint density at radius 2 is 1.89 bits per heavy atom. The first-order valence-electron chi connectivity index (χ1n) is 9.08. The second kappa shape index (κ2) is 7.12. The summed E-state index contributed by atoms with van der Waals surface area (Å²) in [6, 6.07) is 13.4. The van der Waals surface area contributed by atoms with Crippen molar-refractivity contribution in [1.29, 1.82) is 0 Å². The minimum absolute atomic E-state index is 0.0909. The lowest BCUT2D eigenvalue weighted by Crippen LogP contribution is -2.38. The van der Waals surface area contributed by atoms with E-state index in [0.29, 0.717) is 18.7 Å². The highest BCUT2D eigenvalue weighted by Crippen LogP contribution is 2.32. The lowest BCUT2D eigenvalue weighted by atomic mass is 9.89. The van der Waals surface area contributed by atoms with Crippen LogP contribution in [-0.4, -0.2) is 34.8 Å². The van der Waals surface area contributed by atoms with Crippen molar-refractivity contribution in [3.63, 3.8) is 0 Å². The van der Waals surface area contributed by atoms with Gasteiger partial charge >= 0.3 is 0 Å². The molecular formula is C21H21N3O2S. The van der Waals surface area contributed by atoms with Crippen molar-refractivity contribution < 1.29 is 9.59 Å². The molecule has 0 spiro atoms. The zero-order valence-corrected chi connectivity index (χ0v) is 16.0. The number of carbonyl (C=O) groups excluding carboxylic acids is 2. The van der Waals surface area contributed by atoms with Crippen molar-refractivity contribution >= 4 is 34.1 Å². The fraction of sp³-hybridized carbons (Fsp3) is 0.286. The van der Waals surface area contributed by atoms with Gasteiger partial charge in [-0.05, 0) is 44.0 Å². The van der Waals surface area contributed by atoms with Crippen LogP contribution in [-0.2, 0) is 0 Å². The second-order valence-electron chi connectivity index (χ2n) is 6.95. The Bertz CT molecular complexity index is 1020. The first kappa shape index (κ1) is 17.7. The Morgan fingerprint density at radius 3 is 2.56 bits per heavy atom. The number of nitrogens with two attached hydrogens (primary N) is 1. The van der Waals surface area contributed by atoms with Gasteiger partial charge in [0.2, 0.25) is 0 Å². The highest BCUT2D eigenvalue weighted by Gasteiger charge is 2.28. The number of likely N-dealkylation sites (tertiary alicyclic amines) is 1. The number of thiophene rings is 1. The average Bonchev–Trinajstić information content (AvgIpc) is 3.13. The molecule has 3 heterocycles. The van der Waals surface area contributed by atoms with Crippen LogP contribution >= 0.6 is 11.3 Å². The summed E-state index contributed by atoms with van der Waals surface area (Å²) in [6.45, 7) is 3.32. The number of piperidine rings is 1. The van der Waals surface area contributed by atoms with Crippen molar-refractivity contribution in [2.75, 3.05) is 13.1 Å². The first-order valence-corrected chi connectivity index (χ1v) is 9.90. The van der Waals surface area contributed by atoms with Crippen molar-refractivity contribution in [3.05, 3.63) is 63.5 Å². The number of para-hydroxylation sites is 1. The van der Waals surface area contributed by atoms with Crippen LogP contribution in [0.25, 0.3) is 10.9 Å². The third-order valence-corrected chi connectivity index (χ3v) is 6.13. The van der Waals surface area contributed by atoms with Crippen LogP contribution < -0.4 is 5.73 Å². The normalized spacial score (nSPS) is 15.2. The van der Waals surface area contributed by atoms with E-state index in [4.69, 9.17) is 10.7 Å². The van der Waals surface area contributed by atoms with Crippen LogP contribution in [0.4, 0.5) is 0 Å². The number of amides is 2.